The average Bonchev–Trinajstić information content (AvgIpc) is 2.66. The number of aryl methyl sites for hydroxylation is 1. The number of benzene rings is 2. The van der Waals surface area contributed by atoms with Gasteiger partial charge < -0.3 is 15.0 Å². The van der Waals surface area contributed by atoms with Gasteiger partial charge in [0.15, 0.2) is 0 Å². The van der Waals surface area contributed by atoms with E-state index in [2.05, 4.69) is 50.4 Å². The zero-order chi connectivity index (χ0) is 19.5. The fraction of sp³-hybridized carbons (Fsp3) is 0.409. The number of hydrogen-bond acceptors (Lipinski definition) is 3. The van der Waals surface area contributed by atoms with Gasteiger partial charge in [0.25, 0.3) is 0 Å². The number of carbonyl (C=O) groups is 1. The number of nitrogens with zero attached hydrogens (tertiary/aromatic N) is 1. The zero-order valence-corrected chi connectivity index (χ0v) is 17.8. The molecule has 2 aromatic carbocycles. The van der Waals surface area contributed by atoms with Crippen molar-refractivity contribution < 1.29 is 9.53 Å². The second-order valence-electron chi connectivity index (χ2n) is 6.91. The Bertz CT molecular complexity index is 684. The zero-order valence-electron chi connectivity index (χ0n) is 16.2. The molecule has 0 spiro atoms. The molecule has 2 aromatic rings. The van der Waals surface area contributed by atoms with E-state index in [0.29, 0.717) is 19.6 Å². The summed E-state index contributed by atoms with van der Waals surface area (Å²) >= 11 is 3.44. The van der Waals surface area contributed by atoms with Crippen LogP contribution < -0.4 is 10.1 Å². The third kappa shape index (κ3) is 9.07. The van der Waals surface area contributed by atoms with Crippen molar-refractivity contribution in [3.63, 3.8) is 0 Å². The Balaban J connectivity index is 1.60. The maximum atomic E-state index is 12.0. The summed E-state index contributed by atoms with van der Waals surface area (Å²) in [7, 11) is 4.05. The van der Waals surface area contributed by atoms with Crippen molar-refractivity contribution >= 4 is 21.8 Å². The fourth-order valence-corrected chi connectivity index (χ4v) is 2.87. The molecule has 0 bridgehead atoms. The molecule has 0 radical (unpaired) electrons. The highest BCUT2D eigenvalue weighted by Crippen LogP contribution is 2.14. The van der Waals surface area contributed by atoms with Gasteiger partial charge in [0, 0.05) is 24.0 Å². The van der Waals surface area contributed by atoms with Crippen LogP contribution in [0.1, 0.15) is 30.4 Å². The van der Waals surface area contributed by atoms with Crippen LogP contribution in [0.3, 0.4) is 0 Å². The molecule has 0 aromatic heterocycles. The van der Waals surface area contributed by atoms with Crippen LogP contribution in [0.4, 0.5) is 0 Å². The molecule has 0 heterocycles. The average molecular weight is 433 g/mol. The van der Waals surface area contributed by atoms with Crippen molar-refractivity contribution in [1.82, 2.24) is 10.2 Å². The van der Waals surface area contributed by atoms with E-state index in [1.165, 1.54) is 5.56 Å². The number of nitrogens with one attached hydrogen (secondary N) is 1. The molecule has 146 valence electrons. The van der Waals surface area contributed by atoms with Gasteiger partial charge in [-0.15, -0.1) is 0 Å². The Morgan fingerprint density at radius 1 is 1.00 bits per heavy atom. The SMILES string of the molecule is CN(C)CCOc1ccc(CNC(=O)CCCCc2ccc(Br)cc2)cc1. The molecular weight excluding hydrogens is 404 g/mol. The van der Waals surface area contributed by atoms with Crippen molar-refractivity contribution in [2.75, 3.05) is 27.2 Å². The Morgan fingerprint density at radius 2 is 1.67 bits per heavy atom. The van der Waals surface area contributed by atoms with E-state index in [1.807, 2.05) is 38.4 Å². The summed E-state index contributed by atoms with van der Waals surface area (Å²) < 4.78 is 6.77. The summed E-state index contributed by atoms with van der Waals surface area (Å²) in [6, 6.07) is 16.3. The summed E-state index contributed by atoms with van der Waals surface area (Å²) in [5.74, 6) is 0.969. The molecule has 4 nitrogen and oxygen atoms in total. The molecule has 5 heteroatoms. The van der Waals surface area contributed by atoms with Crippen molar-refractivity contribution in [1.29, 1.82) is 0 Å². The van der Waals surface area contributed by atoms with Crippen LogP contribution in [-0.4, -0.2) is 38.1 Å². The molecule has 0 aliphatic heterocycles. The third-order valence-corrected chi connectivity index (χ3v) is 4.78. The van der Waals surface area contributed by atoms with Gasteiger partial charge in [-0.2, -0.15) is 0 Å². The van der Waals surface area contributed by atoms with E-state index < -0.39 is 0 Å². The lowest BCUT2D eigenvalue weighted by molar-refractivity contribution is -0.121. The van der Waals surface area contributed by atoms with Crippen LogP contribution >= 0.6 is 15.9 Å². The first kappa shape index (κ1) is 21.5. The topological polar surface area (TPSA) is 41.6 Å². The van der Waals surface area contributed by atoms with Crippen LogP contribution in [0.15, 0.2) is 53.0 Å². The Kier molecular flexibility index (Phi) is 9.36. The molecule has 0 fully saturated rings. The fourth-order valence-electron chi connectivity index (χ4n) is 2.60. The minimum Gasteiger partial charge on any atom is -0.492 e. The molecule has 0 unspecified atom stereocenters. The van der Waals surface area contributed by atoms with E-state index in [4.69, 9.17) is 4.74 Å². The molecule has 0 atom stereocenters. The number of rotatable bonds is 11. The molecule has 2 rings (SSSR count). The lowest BCUT2D eigenvalue weighted by Crippen LogP contribution is -2.22. The third-order valence-electron chi connectivity index (χ3n) is 4.25. The number of hydrogen-bond donors (Lipinski definition) is 1. The van der Waals surface area contributed by atoms with Crippen LogP contribution in [0.5, 0.6) is 5.75 Å². The first-order valence-electron chi connectivity index (χ1n) is 9.40. The van der Waals surface area contributed by atoms with Crippen LogP contribution in [0.2, 0.25) is 0 Å². The molecule has 1 amide bonds. The number of carbonyl (C=O) groups excluding carboxylic acids is 1. The quantitative estimate of drug-likeness (QED) is 0.534. The second-order valence-corrected chi connectivity index (χ2v) is 7.82. The van der Waals surface area contributed by atoms with Crippen molar-refractivity contribution in [3.8, 4) is 5.75 Å². The first-order valence-corrected chi connectivity index (χ1v) is 10.2. The highest BCUT2D eigenvalue weighted by molar-refractivity contribution is 9.10. The number of unbranched alkanes of at least 4 members (excludes halogenated alkanes) is 1. The monoisotopic (exact) mass is 432 g/mol. The van der Waals surface area contributed by atoms with Gasteiger partial charge in [-0.1, -0.05) is 40.2 Å². The maximum Gasteiger partial charge on any atom is 0.220 e. The Morgan fingerprint density at radius 3 is 2.33 bits per heavy atom. The molecule has 27 heavy (non-hydrogen) atoms. The van der Waals surface area contributed by atoms with E-state index in [-0.39, 0.29) is 5.91 Å². The second kappa shape index (κ2) is 11.8. The van der Waals surface area contributed by atoms with Crippen LogP contribution in [0.25, 0.3) is 0 Å². The van der Waals surface area contributed by atoms with Crippen molar-refractivity contribution in [2.45, 2.75) is 32.2 Å². The smallest absolute Gasteiger partial charge is 0.220 e. The highest BCUT2D eigenvalue weighted by Gasteiger charge is 2.03. The molecule has 1 N–H and O–H groups in total. The van der Waals surface area contributed by atoms with E-state index in [1.54, 1.807) is 0 Å². The Hall–Kier alpha value is -1.85. The minimum absolute atomic E-state index is 0.108. The van der Waals surface area contributed by atoms with Gasteiger partial charge >= 0.3 is 0 Å². The van der Waals surface area contributed by atoms with E-state index in [9.17, 15) is 4.79 Å². The van der Waals surface area contributed by atoms with Crippen LogP contribution in [-0.2, 0) is 17.8 Å². The van der Waals surface area contributed by atoms with Gasteiger partial charge in [-0.3, -0.25) is 4.79 Å². The standard InChI is InChI=1S/C22H29BrN2O2/c1-25(2)15-16-27-21-13-9-19(10-14-21)17-24-22(26)6-4-3-5-18-7-11-20(23)12-8-18/h7-14H,3-6,15-17H2,1-2H3,(H,24,26). The number of amides is 1. The minimum atomic E-state index is 0.108. The maximum absolute atomic E-state index is 12.0. The molecule has 0 aliphatic rings. The summed E-state index contributed by atoms with van der Waals surface area (Å²) in [5, 5.41) is 2.99. The van der Waals surface area contributed by atoms with Gasteiger partial charge in [-0.05, 0) is 68.8 Å². The lowest BCUT2D eigenvalue weighted by Gasteiger charge is -2.11. The normalized spacial score (nSPS) is 10.8. The predicted molar refractivity (Wildman–Crippen MR) is 114 cm³/mol. The lowest BCUT2D eigenvalue weighted by atomic mass is 10.1. The summed E-state index contributed by atoms with van der Waals surface area (Å²) in [6.07, 6.45) is 3.51. The van der Waals surface area contributed by atoms with Gasteiger partial charge in [0.1, 0.15) is 12.4 Å². The summed E-state index contributed by atoms with van der Waals surface area (Å²) in [5.41, 5.74) is 2.39. The largest absolute Gasteiger partial charge is 0.492 e. The Labute approximate surface area is 171 Å². The molecule has 0 saturated carbocycles. The number of halogens is 1. The van der Waals surface area contributed by atoms with Crippen molar-refractivity contribution in [2.24, 2.45) is 0 Å². The summed E-state index contributed by atoms with van der Waals surface area (Å²) in [6.45, 7) is 2.12. The highest BCUT2D eigenvalue weighted by atomic mass is 79.9. The molecule has 0 saturated heterocycles. The van der Waals surface area contributed by atoms with Gasteiger partial charge in [-0.25, -0.2) is 0 Å². The number of ether oxygens (including phenoxy) is 1. The van der Waals surface area contributed by atoms with Crippen LogP contribution in [0, 0.1) is 0 Å². The van der Waals surface area contributed by atoms with E-state index >= 15 is 0 Å². The molecule has 0 aliphatic carbocycles. The van der Waals surface area contributed by atoms with Crippen molar-refractivity contribution in [3.05, 3.63) is 64.1 Å². The number of likely N-dealkylation sites (N-methyl/N-ethyl adjacent to an activating group) is 1. The van der Waals surface area contributed by atoms with Gasteiger partial charge in [0.2, 0.25) is 5.91 Å². The van der Waals surface area contributed by atoms with E-state index in [0.717, 1.165) is 41.6 Å². The predicted octanol–water partition coefficient (Wildman–Crippen LogP) is 4.42. The van der Waals surface area contributed by atoms with Gasteiger partial charge in [0.05, 0.1) is 0 Å². The first-order chi connectivity index (χ1) is 13.0. The summed E-state index contributed by atoms with van der Waals surface area (Å²) in [4.78, 5) is 14.1. The molecular formula is C22H29BrN2O2.